The summed E-state index contributed by atoms with van der Waals surface area (Å²) in [4.78, 5) is 24.9. The van der Waals surface area contributed by atoms with Gasteiger partial charge >= 0.3 is 0 Å². The Morgan fingerprint density at radius 2 is 1.91 bits per heavy atom. The number of nitrogens with zero attached hydrogens (tertiary/aromatic N) is 1. The third-order valence-electron chi connectivity index (χ3n) is 3.76. The Hall–Kier alpha value is -2.18. The third-order valence-corrected chi connectivity index (χ3v) is 3.76. The van der Waals surface area contributed by atoms with E-state index in [4.69, 9.17) is 10.5 Å². The smallest absolute Gasteiger partial charge is 0.263 e. The molecule has 1 heterocycles. The van der Waals surface area contributed by atoms with Crippen molar-refractivity contribution in [2.45, 2.75) is 25.9 Å². The third kappa shape index (κ3) is 3.72. The van der Waals surface area contributed by atoms with Crippen LogP contribution < -0.4 is 10.5 Å². The highest BCUT2D eigenvalue weighted by molar-refractivity contribution is 5.82. The molecule has 0 spiro atoms. The van der Waals surface area contributed by atoms with Gasteiger partial charge < -0.3 is 15.4 Å². The van der Waals surface area contributed by atoms with Gasteiger partial charge in [0.2, 0.25) is 5.91 Å². The SMILES string of the molecule is CC(Oc1ccc(F)c(F)c1)C(=O)N1CCC(C(N)=O)CC1. The number of primary amides is 1. The fourth-order valence-corrected chi connectivity index (χ4v) is 2.45. The molecule has 1 aromatic rings. The molecule has 0 radical (unpaired) electrons. The molecule has 1 atom stereocenters. The van der Waals surface area contributed by atoms with E-state index in [9.17, 15) is 18.4 Å². The molecule has 0 saturated carbocycles. The average Bonchev–Trinajstić information content (AvgIpc) is 2.50. The van der Waals surface area contributed by atoms with Crippen molar-refractivity contribution in [2.75, 3.05) is 13.1 Å². The van der Waals surface area contributed by atoms with Gasteiger partial charge in [-0.2, -0.15) is 0 Å². The molecule has 1 saturated heterocycles. The van der Waals surface area contributed by atoms with Gasteiger partial charge in [0.05, 0.1) is 0 Å². The number of piperidine rings is 1. The van der Waals surface area contributed by atoms with Crippen molar-refractivity contribution >= 4 is 11.8 Å². The highest BCUT2D eigenvalue weighted by atomic mass is 19.2. The molecule has 1 fully saturated rings. The first-order valence-electron chi connectivity index (χ1n) is 7.08. The Kier molecular flexibility index (Phi) is 4.95. The molecule has 22 heavy (non-hydrogen) atoms. The minimum absolute atomic E-state index is 0.0896. The summed E-state index contributed by atoms with van der Waals surface area (Å²) in [6.45, 7) is 2.40. The van der Waals surface area contributed by atoms with Crippen molar-refractivity contribution in [1.29, 1.82) is 0 Å². The molecule has 2 N–H and O–H groups in total. The van der Waals surface area contributed by atoms with Crippen LogP contribution >= 0.6 is 0 Å². The van der Waals surface area contributed by atoms with Crippen LogP contribution in [-0.2, 0) is 9.59 Å². The predicted octanol–water partition coefficient (Wildman–Crippen LogP) is 1.46. The van der Waals surface area contributed by atoms with Crippen LogP contribution in [0.2, 0.25) is 0 Å². The fourth-order valence-electron chi connectivity index (χ4n) is 2.45. The van der Waals surface area contributed by atoms with Crippen molar-refractivity contribution in [1.82, 2.24) is 4.90 Å². The number of amides is 2. The Morgan fingerprint density at radius 3 is 2.45 bits per heavy atom. The summed E-state index contributed by atoms with van der Waals surface area (Å²) >= 11 is 0. The zero-order chi connectivity index (χ0) is 16.3. The molecule has 0 bridgehead atoms. The van der Waals surface area contributed by atoms with Crippen LogP contribution in [0, 0.1) is 17.6 Å². The lowest BCUT2D eigenvalue weighted by molar-refractivity contribution is -0.140. The van der Waals surface area contributed by atoms with Crippen LogP contribution in [0.1, 0.15) is 19.8 Å². The molecule has 1 unspecified atom stereocenters. The van der Waals surface area contributed by atoms with Gasteiger partial charge in [0.25, 0.3) is 5.91 Å². The normalized spacial score (nSPS) is 17.1. The highest BCUT2D eigenvalue weighted by Crippen LogP contribution is 2.20. The predicted molar refractivity (Wildman–Crippen MR) is 74.9 cm³/mol. The van der Waals surface area contributed by atoms with Crippen LogP contribution in [0.5, 0.6) is 5.75 Å². The first kappa shape index (κ1) is 16.2. The van der Waals surface area contributed by atoms with E-state index >= 15 is 0 Å². The Morgan fingerprint density at radius 1 is 1.27 bits per heavy atom. The number of likely N-dealkylation sites (tertiary alicyclic amines) is 1. The average molecular weight is 312 g/mol. The second-order valence-corrected chi connectivity index (χ2v) is 5.34. The van der Waals surface area contributed by atoms with Gasteiger partial charge in [-0.3, -0.25) is 9.59 Å². The fraction of sp³-hybridized carbons (Fsp3) is 0.467. The number of benzene rings is 1. The molecule has 7 heteroatoms. The second-order valence-electron chi connectivity index (χ2n) is 5.34. The summed E-state index contributed by atoms with van der Waals surface area (Å²) in [6, 6.07) is 3.11. The van der Waals surface area contributed by atoms with Gasteiger partial charge in [-0.25, -0.2) is 8.78 Å². The van der Waals surface area contributed by atoms with Gasteiger partial charge in [0, 0.05) is 25.1 Å². The summed E-state index contributed by atoms with van der Waals surface area (Å²) in [5.41, 5.74) is 5.24. The van der Waals surface area contributed by atoms with Crippen LogP contribution in [0.3, 0.4) is 0 Å². The molecular formula is C15H18F2N2O3. The van der Waals surface area contributed by atoms with Gasteiger partial charge in [-0.05, 0) is 31.9 Å². The molecule has 1 aliphatic rings. The highest BCUT2D eigenvalue weighted by Gasteiger charge is 2.29. The Balaban J connectivity index is 1.92. The van der Waals surface area contributed by atoms with Crippen molar-refractivity contribution in [2.24, 2.45) is 11.7 Å². The molecule has 5 nitrogen and oxygen atoms in total. The lowest BCUT2D eigenvalue weighted by Crippen LogP contribution is -2.46. The molecule has 1 aliphatic heterocycles. The maximum Gasteiger partial charge on any atom is 0.263 e. The van der Waals surface area contributed by atoms with Crippen LogP contribution in [0.25, 0.3) is 0 Å². The number of nitrogens with two attached hydrogens (primary N) is 1. The van der Waals surface area contributed by atoms with Gasteiger partial charge in [-0.15, -0.1) is 0 Å². The van der Waals surface area contributed by atoms with E-state index in [2.05, 4.69) is 0 Å². The molecule has 2 rings (SSSR count). The monoisotopic (exact) mass is 312 g/mol. The molecule has 0 aromatic heterocycles. The zero-order valence-corrected chi connectivity index (χ0v) is 12.2. The second kappa shape index (κ2) is 6.72. The molecule has 2 amide bonds. The van der Waals surface area contributed by atoms with Crippen molar-refractivity contribution in [3.63, 3.8) is 0 Å². The summed E-state index contributed by atoms with van der Waals surface area (Å²) < 4.78 is 31.3. The van der Waals surface area contributed by atoms with E-state index in [0.29, 0.717) is 25.9 Å². The summed E-state index contributed by atoms with van der Waals surface area (Å²) in [5.74, 6) is -2.72. The molecule has 120 valence electrons. The standard InChI is InChI=1S/C15H18F2N2O3/c1-9(22-11-2-3-12(16)13(17)8-11)15(21)19-6-4-10(5-7-19)14(18)20/h2-3,8-10H,4-7H2,1H3,(H2,18,20). The molecule has 1 aromatic carbocycles. The Bertz CT molecular complexity index is 572. The Labute approximate surface area is 127 Å². The van der Waals surface area contributed by atoms with Gasteiger partial charge in [0.1, 0.15) is 5.75 Å². The van der Waals surface area contributed by atoms with E-state index in [1.807, 2.05) is 0 Å². The number of carbonyl (C=O) groups excluding carboxylic acids is 2. The summed E-state index contributed by atoms with van der Waals surface area (Å²) in [5, 5.41) is 0. The first-order chi connectivity index (χ1) is 10.4. The lowest BCUT2D eigenvalue weighted by Gasteiger charge is -2.32. The summed E-state index contributed by atoms with van der Waals surface area (Å²) in [7, 11) is 0. The van der Waals surface area contributed by atoms with Gasteiger partial charge in [0.15, 0.2) is 17.7 Å². The van der Waals surface area contributed by atoms with Crippen molar-refractivity contribution in [3.05, 3.63) is 29.8 Å². The van der Waals surface area contributed by atoms with Crippen molar-refractivity contribution < 1.29 is 23.1 Å². The number of halogens is 2. The quantitative estimate of drug-likeness (QED) is 0.915. The van der Waals surface area contributed by atoms with E-state index in [1.165, 1.54) is 6.07 Å². The number of hydrogen-bond donors (Lipinski definition) is 1. The number of hydrogen-bond acceptors (Lipinski definition) is 3. The van der Waals surface area contributed by atoms with Crippen molar-refractivity contribution in [3.8, 4) is 5.75 Å². The summed E-state index contributed by atoms with van der Waals surface area (Å²) in [6.07, 6.45) is 0.229. The minimum atomic E-state index is -1.03. The number of carbonyl (C=O) groups is 2. The molecule has 0 aliphatic carbocycles. The van der Waals surface area contributed by atoms with E-state index < -0.39 is 17.7 Å². The minimum Gasteiger partial charge on any atom is -0.481 e. The number of ether oxygens (including phenoxy) is 1. The van der Waals surface area contributed by atoms with Crippen LogP contribution in [0.4, 0.5) is 8.78 Å². The zero-order valence-electron chi connectivity index (χ0n) is 12.2. The van der Waals surface area contributed by atoms with E-state index in [-0.39, 0.29) is 23.5 Å². The van der Waals surface area contributed by atoms with Gasteiger partial charge in [-0.1, -0.05) is 0 Å². The maximum atomic E-state index is 13.1. The van der Waals surface area contributed by atoms with E-state index in [0.717, 1.165) is 12.1 Å². The largest absolute Gasteiger partial charge is 0.481 e. The topological polar surface area (TPSA) is 72.6 Å². The first-order valence-corrected chi connectivity index (χ1v) is 7.08. The maximum absolute atomic E-state index is 13.1. The van der Waals surface area contributed by atoms with Crippen LogP contribution in [-0.4, -0.2) is 35.9 Å². The molecular weight excluding hydrogens is 294 g/mol. The van der Waals surface area contributed by atoms with Crippen LogP contribution in [0.15, 0.2) is 18.2 Å². The van der Waals surface area contributed by atoms with E-state index in [1.54, 1.807) is 11.8 Å². The lowest BCUT2D eigenvalue weighted by atomic mass is 9.96. The number of rotatable bonds is 4.